The number of rotatable bonds is 10. The molecule has 3 aromatic carbocycles. The highest BCUT2D eigenvalue weighted by atomic mass is 16.5. The molecule has 0 aliphatic heterocycles. The van der Waals surface area contributed by atoms with Crippen LogP contribution in [0, 0.1) is 6.92 Å². The quantitative estimate of drug-likeness (QED) is 0.261. The third kappa shape index (κ3) is 5.49. The fourth-order valence-corrected chi connectivity index (χ4v) is 3.84. The van der Waals surface area contributed by atoms with Crippen LogP contribution in [0.25, 0.3) is 5.69 Å². The van der Waals surface area contributed by atoms with Crippen molar-refractivity contribution >= 4 is 5.97 Å². The molecule has 0 bridgehead atoms. The minimum absolute atomic E-state index is 0.240. The second-order valence-electron chi connectivity index (χ2n) is 7.89. The average Bonchev–Trinajstić information content (AvgIpc) is 3.18. The maximum absolute atomic E-state index is 13.2. The standard InChI is InChI=1S/C29H29NO5/c1-4-33-29(31)26-28(35-20-23-13-9-6-10-14-23)27(34-19-22-11-7-5-8-12-22)21(2)30(26)24-15-17-25(32-3)18-16-24/h5-18H,4,19-20H2,1-3H3. The summed E-state index contributed by atoms with van der Waals surface area (Å²) in [5.41, 5.74) is 3.78. The number of aromatic nitrogens is 1. The topological polar surface area (TPSA) is 58.9 Å². The van der Waals surface area contributed by atoms with E-state index in [9.17, 15) is 4.79 Å². The van der Waals surface area contributed by atoms with Gasteiger partial charge in [0.25, 0.3) is 0 Å². The second-order valence-corrected chi connectivity index (χ2v) is 7.89. The van der Waals surface area contributed by atoms with Crippen LogP contribution >= 0.6 is 0 Å². The Labute approximate surface area is 205 Å². The van der Waals surface area contributed by atoms with Crippen LogP contribution in [-0.4, -0.2) is 24.3 Å². The Morgan fingerprint density at radius 3 is 1.83 bits per heavy atom. The number of carbonyl (C=O) groups is 1. The lowest BCUT2D eigenvalue weighted by Gasteiger charge is -2.13. The maximum Gasteiger partial charge on any atom is 0.359 e. The lowest BCUT2D eigenvalue weighted by atomic mass is 10.2. The molecule has 0 aliphatic carbocycles. The molecule has 0 amide bonds. The fraction of sp³-hybridized carbons (Fsp3) is 0.207. The molecule has 4 aromatic rings. The lowest BCUT2D eigenvalue weighted by molar-refractivity contribution is 0.0511. The van der Waals surface area contributed by atoms with Crippen molar-refractivity contribution in [2.24, 2.45) is 0 Å². The summed E-state index contributed by atoms with van der Waals surface area (Å²) in [6.45, 7) is 4.54. The van der Waals surface area contributed by atoms with Gasteiger partial charge in [0.15, 0.2) is 17.2 Å². The summed E-state index contributed by atoms with van der Waals surface area (Å²) in [5.74, 6) is 1.10. The zero-order chi connectivity index (χ0) is 24.6. The van der Waals surface area contributed by atoms with Crippen LogP contribution in [0.5, 0.6) is 17.2 Å². The van der Waals surface area contributed by atoms with Crippen LogP contribution in [0.1, 0.15) is 34.2 Å². The lowest BCUT2D eigenvalue weighted by Crippen LogP contribution is -2.13. The molecular formula is C29H29NO5. The van der Waals surface area contributed by atoms with E-state index in [1.54, 1.807) is 14.0 Å². The number of benzene rings is 3. The van der Waals surface area contributed by atoms with Gasteiger partial charge in [0, 0.05) is 5.69 Å². The normalized spacial score (nSPS) is 10.6. The Morgan fingerprint density at radius 2 is 1.31 bits per heavy atom. The van der Waals surface area contributed by atoms with Crippen molar-refractivity contribution in [3.05, 3.63) is 107 Å². The van der Waals surface area contributed by atoms with Gasteiger partial charge in [-0.1, -0.05) is 60.7 Å². The molecule has 4 rings (SSSR count). The molecule has 1 heterocycles. The van der Waals surface area contributed by atoms with Gasteiger partial charge in [-0.05, 0) is 49.2 Å². The molecule has 0 saturated carbocycles. The van der Waals surface area contributed by atoms with Crippen molar-refractivity contribution in [1.82, 2.24) is 4.57 Å². The summed E-state index contributed by atoms with van der Waals surface area (Å²) in [5, 5.41) is 0. The number of hydrogen-bond acceptors (Lipinski definition) is 5. The Balaban J connectivity index is 1.81. The van der Waals surface area contributed by atoms with Gasteiger partial charge in [-0.2, -0.15) is 0 Å². The number of ether oxygens (including phenoxy) is 4. The number of methoxy groups -OCH3 is 1. The van der Waals surface area contributed by atoms with E-state index in [0.29, 0.717) is 18.1 Å². The molecule has 0 saturated heterocycles. The molecular weight excluding hydrogens is 442 g/mol. The molecule has 35 heavy (non-hydrogen) atoms. The molecule has 0 atom stereocenters. The first-order chi connectivity index (χ1) is 17.1. The highest BCUT2D eigenvalue weighted by Crippen LogP contribution is 2.41. The number of carbonyl (C=O) groups excluding carboxylic acids is 1. The van der Waals surface area contributed by atoms with E-state index in [0.717, 1.165) is 28.3 Å². The highest BCUT2D eigenvalue weighted by Gasteiger charge is 2.30. The summed E-state index contributed by atoms with van der Waals surface area (Å²) in [6, 6.07) is 27.1. The van der Waals surface area contributed by atoms with Crippen LogP contribution in [0.3, 0.4) is 0 Å². The van der Waals surface area contributed by atoms with E-state index < -0.39 is 5.97 Å². The van der Waals surface area contributed by atoms with Crippen molar-refractivity contribution in [2.75, 3.05) is 13.7 Å². The van der Waals surface area contributed by atoms with E-state index in [2.05, 4.69) is 0 Å². The largest absolute Gasteiger partial charge is 0.497 e. The third-order valence-electron chi connectivity index (χ3n) is 5.56. The van der Waals surface area contributed by atoms with Gasteiger partial charge in [0.05, 0.1) is 19.4 Å². The molecule has 0 unspecified atom stereocenters. The second kappa shape index (κ2) is 11.3. The van der Waals surface area contributed by atoms with Crippen LogP contribution < -0.4 is 14.2 Å². The van der Waals surface area contributed by atoms with Crippen LogP contribution in [0.15, 0.2) is 84.9 Å². The van der Waals surface area contributed by atoms with Crippen molar-refractivity contribution < 1.29 is 23.7 Å². The molecule has 180 valence electrons. The van der Waals surface area contributed by atoms with Crippen LogP contribution in [-0.2, 0) is 18.0 Å². The van der Waals surface area contributed by atoms with E-state index in [1.165, 1.54) is 0 Å². The van der Waals surface area contributed by atoms with Gasteiger partial charge in [-0.3, -0.25) is 0 Å². The molecule has 0 spiro atoms. The molecule has 0 aliphatic rings. The molecule has 0 fully saturated rings. The first-order valence-corrected chi connectivity index (χ1v) is 11.5. The Bertz CT molecular complexity index is 1250. The van der Waals surface area contributed by atoms with Gasteiger partial charge in [-0.15, -0.1) is 0 Å². The number of nitrogens with zero attached hydrogens (tertiary/aromatic N) is 1. The van der Waals surface area contributed by atoms with Gasteiger partial charge in [-0.25, -0.2) is 4.79 Å². The summed E-state index contributed by atoms with van der Waals surface area (Å²) >= 11 is 0. The number of hydrogen-bond donors (Lipinski definition) is 0. The van der Waals surface area contributed by atoms with Gasteiger partial charge >= 0.3 is 5.97 Å². The zero-order valence-electron chi connectivity index (χ0n) is 20.2. The third-order valence-corrected chi connectivity index (χ3v) is 5.56. The van der Waals surface area contributed by atoms with Gasteiger partial charge < -0.3 is 23.5 Å². The van der Waals surface area contributed by atoms with Crippen LogP contribution in [0.2, 0.25) is 0 Å². The Hall–Kier alpha value is -4.19. The Kier molecular flexibility index (Phi) is 7.73. The maximum atomic E-state index is 13.2. The van der Waals surface area contributed by atoms with Crippen LogP contribution in [0.4, 0.5) is 0 Å². The predicted octanol–water partition coefficient (Wildman–Crippen LogP) is 6.13. The molecule has 1 aromatic heterocycles. The summed E-state index contributed by atoms with van der Waals surface area (Å²) in [6.07, 6.45) is 0. The van der Waals surface area contributed by atoms with Gasteiger partial charge in [0.1, 0.15) is 19.0 Å². The molecule has 6 heteroatoms. The average molecular weight is 472 g/mol. The highest BCUT2D eigenvalue weighted by molar-refractivity contribution is 5.93. The SMILES string of the molecule is CCOC(=O)c1c(OCc2ccccc2)c(OCc2ccccc2)c(C)n1-c1ccc(OC)cc1. The monoisotopic (exact) mass is 471 g/mol. The van der Waals surface area contributed by atoms with Crippen molar-refractivity contribution in [3.63, 3.8) is 0 Å². The minimum Gasteiger partial charge on any atom is -0.497 e. The predicted molar refractivity (Wildman–Crippen MR) is 135 cm³/mol. The van der Waals surface area contributed by atoms with Gasteiger partial charge in [0.2, 0.25) is 0 Å². The smallest absolute Gasteiger partial charge is 0.359 e. The Morgan fingerprint density at radius 1 is 0.771 bits per heavy atom. The molecule has 6 nitrogen and oxygen atoms in total. The fourth-order valence-electron chi connectivity index (χ4n) is 3.84. The van der Waals surface area contributed by atoms with E-state index in [4.69, 9.17) is 18.9 Å². The van der Waals surface area contributed by atoms with E-state index in [-0.39, 0.29) is 18.9 Å². The zero-order valence-corrected chi connectivity index (χ0v) is 20.2. The number of esters is 1. The van der Waals surface area contributed by atoms with Crippen molar-refractivity contribution in [1.29, 1.82) is 0 Å². The van der Waals surface area contributed by atoms with Crippen molar-refractivity contribution in [3.8, 4) is 22.9 Å². The van der Waals surface area contributed by atoms with E-state index in [1.807, 2.05) is 96.4 Å². The first-order valence-electron chi connectivity index (χ1n) is 11.5. The first kappa shape index (κ1) is 24.0. The van der Waals surface area contributed by atoms with Crippen molar-refractivity contribution in [2.45, 2.75) is 27.1 Å². The summed E-state index contributed by atoms with van der Waals surface area (Å²) < 4.78 is 25.1. The molecule has 0 N–H and O–H groups in total. The summed E-state index contributed by atoms with van der Waals surface area (Å²) in [7, 11) is 1.62. The van der Waals surface area contributed by atoms with E-state index >= 15 is 0 Å². The minimum atomic E-state index is -0.482. The summed E-state index contributed by atoms with van der Waals surface area (Å²) in [4.78, 5) is 13.2. The molecule has 0 radical (unpaired) electrons.